The number of pyridine rings is 1. The summed E-state index contributed by atoms with van der Waals surface area (Å²) in [7, 11) is 1.25. The predicted octanol–water partition coefficient (Wildman–Crippen LogP) is 1.50. The molecule has 0 atom stereocenters. The topological polar surface area (TPSA) is 65.2 Å². The Labute approximate surface area is 97.8 Å². The van der Waals surface area contributed by atoms with Gasteiger partial charge in [0.1, 0.15) is 0 Å². The summed E-state index contributed by atoms with van der Waals surface area (Å²) in [6.07, 6.45) is -2.66. The van der Waals surface area contributed by atoms with E-state index in [1.165, 1.54) is 20.1 Å². The first kappa shape index (κ1) is 13.5. The quantitative estimate of drug-likeness (QED) is 0.815. The molecule has 0 aliphatic heterocycles. The van der Waals surface area contributed by atoms with E-state index in [2.05, 4.69) is 9.72 Å². The van der Waals surface area contributed by atoms with Gasteiger partial charge in [0, 0.05) is 17.8 Å². The third kappa shape index (κ3) is 3.20. The fourth-order valence-corrected chi connectivity index (χ4v) is 1.47. The molecule has 0 saturated heterocycles. The van der Waals surface area contributed by atoms with E-state index >= 15 is 0 Å². The van der Waals surface area contributed by atoms with E-state index in [1.54, 1.807) is 0 Å². The van der Waals surface area contributed by atoms with Crippen LogP contribution in [0.4, 0.5) is 8.78 Å². The van der Waals surface area contributed by atoms with Gasteiger partial charge in [0.25, 0.3) is 6.43 Å². The first-order chi connectivity index (χ1) is 7.99. The molecule has 0 fully saturated rings. The summed E-state index contributed by atoms with van der Waals surface area (Å²) in [6.45, 7) is 1.53. The number of hydrogen-bond donors (Lipinski definition) is 1. The number of ether oxygens (including phenoxy) is 1. The molecule has 0 bridgehead atoms. The Kier molecular flexibility index (Phi) is 4.51. The highest BCUT2D eigenvalue weighted by Gasteiger charge is 2.17. The minimum Gasteiger partial charge on any atom is -0.469 e. The molecular formula is C11H14F2N2O2. The number of carbonyl (C=O) groups excluding carboxylic acids is 1. The van der Waals surface area contributed by atoms with Crippen molar-refractivity contribution in [3.63, 3.8) is 0 Å². The molecule has 2 N–H and O–H groups in total. The van der Waals surface area contributed by atoms with Crippen LogP contribution < -0.4 is 5.73 Å². The van der Waals surface area contributed by atoms with Gasteiger partial charge in [-0.2, -0.15) is 0 Å². The number of nitrogens with two attached hydrogens (primary N) is 1. The van der Waals surface area contributed by atoms with Crippen molar-refractivity contribution in [1.29, 1.82) is 0 Å². The van der Waals surface area contributed by atoms with E-state index in [0.29, 0.717) is 11.3 Å². The largest absolute Gasteiger partial charge is 0.469 e. The first-order valence-corrected chi connectivity index (χ1v) is 5.04. The second kappa shape index (κ2) is 5.67. The predicted molar refractivity (Wildman–Crippen MR) is 57.5 cm³/mol. The van der Waals surface area contributed by atoms with Gasteiger partial charge in [0.2, 0.25) is 0 Å². The average Bonchev–Trinajstić information content (AvgIpc) is 2.28. The van der Waals surface area contributed by atoms with Crippen molar-refractivity contribution in [3.8, 4) is 0 Å². The fourth-order valence-electron chi connectivity index (χ4n) is 1.47. The van der Waals surface area contributed by atoms with Crippen molar-refractivity contribution < 1.29 is 18.3 Å². The van der Waals surface area contributed by atoms with Gasteiger partial charge in [0.05, 0.1) is 19.2 Å². The molecule has 6 heteroatoms. The minimum absolute atomic E-state index is 0.0549. The third-order valence-corrected chi connectivity index (χ3v) is 2.42. The van der Waals surface area contributed by atoms with Crippen LogP contribution in [-0.4, -0.2) is 18.1 Å². The number of aromatic nitrogens is 1. The highest BCUT2D eigenvalue weighted by molar-refractivity contribution is 5.72. The minimum atomic E-state index is -2.60. The van der Waals surface area contributed by atoms with Crippen LogP contribution in [0, 0.1) is 6.92 Å². The van der Waals surface area contributed by atoms with Crippen LogP contribution in [0.1, 0.15) is 28.9 Å². The van der Waals surface area contributed by atoms with Gasteiger partial charge in [-0.25, -0.2) is 8.78 Å². The summed E-state index contributed by atoms with van der Waals surface area (Å²) in [6, 6.07) is 1.30. The number of aryl methyl sites for hydroxylation is 1. The van der Waals surface area contributed by atoms with Crippen molar-refractivity contribution >= 4 is 5.97 Å². The molecule has 0 unspecified atom stereocenters. The molecule has 0 aromatic carbocycles. The summed E-state index contributed by atoms with van der Waals surface area (Å²) in [5, 5.41) is 0. The van der Waals surface area contributed by atoms with Crippen molar-refractivity contribution in [2.45, 2.75) is 26.3 Å². The van der Waals surface area contributed by atoms with Crippen molar-refractivity contribution in [2.75, 3.05) is 7.11 Å². The van der Waals surface area contributed by atoms with Crippen molar-refractivity contribution in [3.05, 3.63) is 28.6 Å². The lowest BCUT2D eigenvalue weighted by molar-refractivity contribution is -0.139. The number of esters is 1. The van der Waals surface area contributed by atoms with Crippen LogP contribution >= 0.6 is 0 Å². The second-order valence-electron chi connectivity index (χ2n) is 3.53. The Bertz CT molecular complexity index is 422. The SMILES string of the molecule is COC(=O)Cc1nc(C)c(C(F)F)cc1CN. The standard InChI is InChI=1S/C11H14F2N2O2/c1-6-8(11(12)13)3-7(5-14)9(15-6)4-10(16)17-2/h3,11H,4-5,14H2,1-2H3. The molecule has 17 heavy (non-hydrogen) atoms. The molecule has 0 amide bonds. The zero-order valence-electron chi connectivity index (χ0n) is 9.67. The van der Waals surface area contributed by atoms with E-state index in [0.717, 1.165) is 0 Å². The van der Waals surface area contributed by atoms with Gasteiger partial charge in [-0.05, 0) is 18.6 Å². The average molecular weight is 244 g/mol. The van der Waals surface area contributed by atoms with E-state index < -0.39 is 12.4 Å². The maximum absolute atomic E-state index is 12.6. The van der Waals surface area contributed by atoms with Crippen LogP contribution in [0.2, 0.25) is 0 Å². The van der Waals surface area contributed by atoms with E-state index in [-0.39, 0.29) is 24.2 Å². The lowest BCUT2D eigenvalue weighted by atomic mass is 10.1. The number of hydrogen-bond acceptors (Lipinski definition) is 4. The van der Waals surface area contributed by atoms with Crippen LogP contribution in [0.5, 0.6) is 0 Å². The Hall–Kier alpha value is -1.56. The first-order valence-electron chi connectivity index (χ1n) is 5.04. The maximum atomic E-state index is 12.6. The number of methoxy groups -OCH3 is 1. The molecule has 1 rings (SSSR count). The third-order valence-electron chi connectivity index (χ3n) is 2.42. The molecule has 4 nitrogen and oxygen atoms in total. The van der Waals surface area contributed by atoms with Gasteiger partial charge in [-0.1, -0.05) is 0 Å². The molecule has 1 aromatic heterocycles. The molecular weight excluding hydrogens is 230 g/mol. The van der Waals surface area contributed by atoms with Crippen molar-refractivity contribution in [1.82, 2.24) is 4.98 Å². The summed E-state index contributed by atoms with van der Waals surface area (Å²) >= 11 is 0. The molecule has 0 saturated carbocycles. The summed E-state index contributed by atoms with van der Waals surface area (Å²) < 4.78 is 29.8. The highest BCUT2D eigenvalue weighted by Crippen LogP contribution is 2.24. The molecule has 1 heterocycles. The Morgan fingerprint density at radius 2 is 2.24 bits per heavy atom. The van der Waals surface area contributed by atoms with E-state index in [4.69, 9.17) is 5.73 Å². The zero-order valence-corrected chi connectivity index (χ0v) is 9.67. The Morgan fingerprint density at radius 3 is 2.71 bits per heavy atom. The summed E-state index contributed by atoms with van der Waals surface area (Å²) in [5.74, 6) is -0.476. The normalized spacial score (nSPS) is 10.7. The van der Waals surface area contributed by atoms with Gasteiger partial charge >= 0.3 is 5.97 Å². The van der Waals surface area contributed by atoms with Crippen LogP contribution in [0.15, 0.2) is 6.07 Å². The number of rotatable bonds is 4. The monoisotopic (exact) mass is 244 g/mol. The van der Waals surface area contributed by atoms with Crippen LogP contribution in [0.25, 0.3) is 0 Å². The van der Waals surface area contributed by atoms with Gasteiger partial charge in [0.15, 0.2) is 0 Å². The fraction of sp³-hybridized carbons (Fsp3) is 0.455. The summed E-state index contributed by atoms with van der Waals surface area (Å²) in [5.41, 5.74) is 6.33. The molecule has 0 aliphatic carbocycles. The van der Waals surface area contributed by atoms with Crippen molar-refractivity contribution in [2.24, 2.45) is 5.73 Å². The Morgan fingerprint density at radius 1 is 1.59 bits per heavy atom. The smallest absolute Gasteiger partial charge is 0.311 e. The van der Waals surface area contributed by atoms with Crippen LogP contribution in [0.3, 0.4) is 0 Å². The molecule has 1 aromatic rings. The number of halogens is 2. The van der Waals surface area contributed by atoms with Gasteiger partial charge in [-0.3, -0.25) is 9.78 Å². The zero-order chi connectivity index (χ0) is 13.0. The lowest BCUT2D eigenvalue weighted by Gasteiger charge is -2.11. The Balaban J connectivity index is 3.14. The van der Waals surface area contributed by atoms with Crippen LogP contribution in [-0.2, 0) is 22.5 Å². The van der Waals surface area contributed by atoms with E-state index in [1.807, 2.05) is 0 Å². The lowest BCUT2D eigenvalue weighted by Crippen LogP contribution is -2.13. The maximum Gasteiger partial charge on any atom is 0.311 e. The molecule has 0 aliphatic rings. The number of alkyl halides is 2. The van der Waals surface area contributed by atoms with Gasteiger partial charge < -0.3 is 10.5 Å². The number of nitrogens with zero attached hydrogens (tertiary/aromatic N) is 1. The van der Waals surface area contributed by atoms with Gasteiger partial charge in [-0.15, -0.1) is 0 Å². The highest BCUT2D eigenvalue weighted by atomic mass is 19.3. The molecule has 0 spiro atoms. The van der Waals surface area contributed by atoms with E-state index in [9.17, 15) is 13.6 Å². The molecule has 94 valence electrons. The number of carbonyl (C=O) groups is 1. The second-order valence-corrected chi connectivity index (χ2v) is 3.53. The molecule has 0 radical (unpaired) electrons. The summed E-state index contributed by atoms with van der Waals surface area (Å²) in [4.78, 5) is 15.1.